The van der Waals surface area contributed by atoms with Crippen molar-refractivity contribution in [3.05, 3.63) is 18.0 Å². The number of unbranched alkanes of at least 4 members (excludes halogenated alkanes) is 4. The van der Waals surface area contributed by atoms with Crippen LogP contribution in [0.1, 0.15) is 62.2 Å². The van der Waals surface area contributed by atoms with E-state index in [1.54, 1.807) is 17.9 Å². The SMILES string of the molecule is CCCCCCCC(=O)CC(=O)c1cnn(C)c1. The molecule has 1 rings (SSSR count). The van der Waals surface area contributed by atoms with Crippen molar-refractivity contribution < 1.29 is 9.59 Å². The van der Waals surface area contributed by atoms with Gasteiger partial charge in [-0.3, -0.25) is 14.3 Å². The largest absolute Gasteiger partial charge is 0.299 e. The lowest BCUT2D eigenvalue weighted by Gasteiger charge is -2.00. The Morgan fingerprint density at radius 3 is 2.56 bits per heavy atom. The van der Waals surface area contributed by atoms with Gasteiger partial charge in [-0.1, -0.05) is 32.6 Å². The van der Waals surface area contributed by atoms with E-state index in [1.165, 1.54) is 25.5 Å². The van der Waals surface area contributed by atoms with Crippen molar-refractivity contribution in [2.75, 3.05) is 0 Å². The van der Waals surface area contributed by atoms with Crippen LogP contribution >= 0.6 is 0 Å². The van der Waals surface area contributed by atoms with E-state index in [9.17, 15) is 9.59 Å². The number of Topliss-reactive ketones (excluding diaryl/α,β-unsaturated/α-hetero) is 2. The zero-order valence-corrected chi connectivity index (χ0v) is 11.3. The molecule has 1 aromatic heterocycles. The van der Waals surface area contributed by atoms with E-state index in [2.05, 4.69) is 12.0 Å². The van der Waals surface area contributed by atoms with Gasteiger partial charge in [-0.25, -0.2) is 0 Å². The molecule has 100 valence electrons. The predicted molar refractivity (Wildman–Crippen MR) is 70.5 cm³/mol. The number of ketones is 2. The van der Waals surface area contributed by atoms with E-state index in [0.717, 1.165) is 12.8 Å². The van der Waals surface area contributed by atoms with Gasteiger partial charge in [-0.05, 0) is 6.42 Å². The van der Waals surface area contributed by atoms with Gasteiger partial charge in [0.15, 0.2) is 5.78 Å². The van der Waals surface area contributed by atoms with Crippen molar-refractivity contribution in [2.45, 2.75) is 51.9 Å². The highest BCUT2D eigenvalue weighted by Crippen LogP contribution is 2.08. The Hall–Kier alpha value is -1.45. The number of hydrogen-bond donors (Lipinski definition) is 0. The molecule has 0 aliphatic carbocycles. The average Bonchev–Trinajstić information content (AvgIpc) is 2.75. The molecule has 0 bridgehead atoms. The summed E-state index contributed by atoms with van der Waals surface area (Å²) in [6, 6.07) is 0. The van der Waals surface area contributed by atoms with Gasteiger partial charge in [0.05, 0.1) is 18.2 Å². The van der Waals surface area contributed by atoms with Gasteiger partial charge < -0.3 is 0 Å². The van der Waals surface area contributed by atoms with Gasteiger partial charge in [0, 0.05) is 19.7 Å². The van der Waals surface area contributed by atoms with Gasteiger partial charge in [-0.15, -0.1) is 0 Å². The molecule has 0 fully saturated rings. The summed E-state index contributed by atoms with van der Waals surface area (Å²) >= 11 is 0. The summed E-state index contributed by atoms with van der Waals surface area (Å²) < 4.78 is 1.57. The highest BCUT2D eigenvalue weighted by molar-refractivity contribution is 6.07. The zero-order valence-electron chi connectivity index (χ0n) is 11.3. The molecule has 0 radical (unpaired) electrons. The molecular formula is C14H22N2O2. The Bertz CT molecular complexity index is 396. The minimum Gasteiger partial charge on any atom is -0.299 e. The molecule has 1 aromatic rings. The van der Waals surface area contributed by atoms with Gasteiger partial charge in [0.1, 0.15) is 5.78 Å². The zero-order chi connectivity index (χ0) is 13.4. The van der Waals surface area contributed by atoms with Gasteiger partial charge in [-0.2, -0.15) is 5.10 Å². The van der Waals surface area contributed by atoms with Crippen LogP contribution < -0.4 is 0 Å². The minimum absolute atomic E-state index is 0.0134. The molecule has 0 spiro atoms. The third-order valence-electron chi connectivity index (χ3n) is 2.94. The number of aryl methyl sites for hydroxylation is 1. The quantitative estimate of drug-likeness (QED) is 0.384. The molecule has 0 atom stereocenters. The molecule has 0 saturated carbocycles. The summed E-state index contributed by atoms with van der Waals surface area (Å²) in [6.07, 6.45) is 9.29. The third kappa shape index (κ3) is 5.25. The second-order valence-electron chi connectivity index (χ2n) is 4.71. The van der Waals surface area contributed by atoms with Crippen molar-refractivity contribution in [3.8, 4) is 0 Å². The number of nitrogens with zero attached hydrogens (tertiary/aromatic N) is 2. The van der Waals surface area contributed by atoms with Crippen LogP contribution in [-0.4, -0.2) is 21.3 Å². The topological polar surface area (TPSA) is 52.0 Å². The second kappa shape index (κ2) is 7.80. The minimum atomic E-state index is -0.123. The molecule has 4 nitrogen and oxygen atoms in total. The van der Waals surface area contributed by atoms with Gasteiger partial charge in [0.25, 0.3) is 0 Å². The molecule has 18 heavy (non-hydrogen) atoms. The van der Waals surface area contributed by atoms with Crippen LogP contribution in [0.5, 0.6) is 0 Å². The number of rotatable bonds is 9. The molecule has 1 heterocycles. The van der Waals surface area contributed by atoms with Crippen molar-refractivity contribution in [3.63, 3.8) is 0 Å². The molecular weight excluding hydrogens is 228 g/mol. The average molecular weight is 250 g/mol. The maximum absolute atomic E-state index is 11.7. The summed E-state index contributed by atoms with van der Waals surface area (Å²) in [5.74, 6) is -0.0815. The van der Waals surface area contributed by atoms with E-state index in [4.69, 9.17) is 0 Å². The van der Waals surface area contributed by atoms with E-state index in [-0.39, 0.29) is 18.0 Å². The summed E-state index contributed by atoms with van der Waals surface area (Å²) in [5.41, 5.74) is 0.525. The molecule has 0 N–H and O–H groups in total. The molecule has 0 unspecified atom stereocenters. The Balaban J connectivity index is 2.22. The van der Waals surface area contributed by atoms with Crippen LogP contribution in [0.4, 0.5) is 0 Å². The Labute approximate surface area is 108 Å². The fourth-order valence-electron chi connectivity index (χ4n) is 1.86. The lowest BCUT2D eigenvalue weighted by molar-refractivity contribution is -0.118. The van der Waals surface area contributed by atoms with Crippen molar-refractivity contribution in [1.29, 1.82) is 0 Å². The third-order valence-corrected chi connectivity index (χ3v) is 2.94. The highest BCUT2D eigenvalue weighted by atomic mass is 16.1. The number of carbonyl (C=O) groups excluding carboxylic acids is 2. The van der Waals surface area contributed by atoms with Crippen molar-refractivity contribution >= 4 is 11.6 Å². The van der Waals surface area contributed by atoms with Crippen LogP contribution in [-0.2, 0) is 11.8 Å². The van der Waals surface area contributed by atoms with Crippen LogP contribution in [0.25, 0.3) is 0 Å². The van der Waals surface area contributed by atoms with Gasteiger partial charge in [0.2, 0.25) is 0 Å². The van der Waals surface area contributed by atoms with Crippen molar-refractivity contribution in [2.24, 2.45) is 7.05 Å². The molecule has 0 aliphatic rings. The van der Waals surface area contributed by atoms with Crippen molar-refractivity contribution in [1.82, 2.24) is 9.78 Å². The first-order chi connectivity index (χ1) is 8.63. The predicted octanol–water partition coefficient (Wildman–Crippen LogP) is 2.92. The van der Waals surface area contributed by atoms with Crippen LogP contribution in [0.15, 0.2) is 12.4 Å². The first-order valence-corrected chi connectivity index (χ1v) is 6.67. The molecule has 0 saturated heterocycles. The fraction of sp³-hybridized carbons (Fsp3) is 0.643. The number of carbonyl (C=O) groups is 2. The maximum atomic E-state index is 11.7. The summed E-state index contributed by atoms with van der Waals surface area (Å²) in [6.45, 7) is 2.16. The standard InChI is InChI=1S/C14H22N2O2/c1-3-4-5-6-7-8-13(17)9-14(18)12-10-15-16(2)11-12/h10-11H,3-9H2,1-2H3. The Morgan fingerprint density at radius 2 is 1.94 bits per heavy atom. The number of hydrogen-bond acceptors (Lipinski definition) is 3. The smallest absolute Gasteiger partial charge is 0.173 e. The lowest BCUT2D eigenvalue weighted by Crippen LogP contribution is -2.07. The first kappa shape index (κ1) is 14.6. The Kier molecular flexibility index (Phi) is 6.33. The molecule has 0 amide bonds. The molecule has 0 aromatic carbocycles. The highest BCUT2D eigenvalue weighted by Gasteiger charge is 2.12. The maximum Gasteiger partial charge on any atom is 0.173 e. The summed E-state index contributed by atoms with van der Waals surface area (Å²) in [4.78, 5) is 23.3. The summed E-state index contributed by atoms with van der Waals surface area (Å²) in [5, 5.41) is 3.93. The lowest BCUT2D eigenvalue weighted by atomic mass is 10.0. The van der Waals surface area contributed by atoms with E-state index >= 15 is 0 Å². The molecule has 4 heteroatoms. The van der Waals surface area contributed by atoms with Crippen LogP contribution in [0.2, 0.25) is 0 Å². The van der Waals surface area contributed by atoms with Gasteiger partial charge >= 0.3 is 0 Å². The van der Waals surface area contributed by atoms with E-state index in [0.29, 0.717) is 12.0 Å². The molecule has 0 aliphatic heterocycles. The fourth-order valence-corrected chi connectivity index (χ4v) is 1.86. The van der Waals surface area contributed by atoms with E-state index < -0.39 is 0 Å². The second-order valence-corrected chi connectivity index (χ2v) is 4.71. The summed E-state index contributed by atoms with van der Waals surface area (Å²) in [7, 11) is 1.76. The van der Waals surface area contributed by atoms with E-state index in [1.807, 2.05) is 0 Å². The number of aromatic nitrogens is 2. The van der Waals surface area contributed by atoms with Crippen LogP contribution in [0, 0.1) is 0 Å². The Morgan fingerprint density at radius 1 is 1.22 bits per heavy atom. The monoisotopic (exact) mass is 250 g/mol. The normalized spacial score (nSPS) is 10.6. The van der Waals surface area contributed by atoms with Crippen LogP contribution in [0.3, 0.4) is 0 Å². The first-order valence-electron chi connectivity index (χ1n) is 6.67.